The van der Waals surface area contributed by atoms with E-state index in [9.17, 15) is 9.59 Å². The summed E-state index contributed by atoms with van der Waals surface area (Å²) >= 11 is 1.13. The van der Waals surface area contributed by atoms with Gasteiger partial charge in [-0.1, -0.05) is 11.3 Å². The molecule has 4 heterocycles. The Morgan fingerprint density at radius 3 is 2.88 bits per heavy atom. The first kappa shape index (κ1) is 21.9. The first-order valence-electron chi connectivity index (χ1n) is 9.67. The van der Waals surface area contributed by atoms with Crippen LogP contribution in [0.15, 0.2) is 27.5 Å². The van der Waals surface area contributed by atoms with Crippen molar-refractivity contribution in [2.75, 3.05) is 44.7 Å². The van der Waals surface area contributed by atoms with Crippen molar-refractivity contribution < 1.29 is 23.4 Å². The molecule has 1 aliphatic rings. The van der Waals surface area contributed by atoms with Crippen molar-refractivity contribution in [3.63, 3.8) is 0 Å². The minimum atomic E-state index is -0.792. The Hall–Kier alpha value is -3.29. The van der Waals surface area contributed by atoms with Gasteiger partial charge in [-0.2, -0.15) is 5.10 Å². The molecule has 12 nitrogen and oxygen atoms in total. The largest absolute Gasteiger partial charge is 0.488 e. The number of hydrogen-bond donors (Lipinski definition) is 2. The molecule has 3 aromatic heterocycles. The van der Waals surface area contributed by atoms with Crippen LogP contribution in [0.5, 0.6) is 5.75 Å². The lowest BCUT2D eigenvalue weighted by molar-refractivity contribution is 0.0991. The van der Waals surface area contributed by atoms with Crippen LogP contribution in [0.2, 0.25) is 0 Å². The van der Waals surface area contributed by atoms with E-state index in [1.807, 2.05) is 13.0 Å². The van der Waals surface area contributed by atoms with Crippen molar-refractivity contribution in [1.82, 2.24) is 20.0 Å². The summed E-state index contributed by atoms with van der Waals surface area (Å²) in [7, 11) is 2.93. The van der Waals surface area contributed by atoms with E-state index < -0.39 is 17.1 Å². The second-order valence-corrected chi connectivity index (χ2v) is 8.17. The van der Waals surface area contributed by atoms with Crippen LogP contribution in [0.3, 0.4) is 0 Å². The second kappa shape index (κ2) is 9.06. The van der Waals surface area contributed by atoms with Crippen LogP contribution in [0.4, 0.5) is 10.8 Å². The lowest BCUT2D eigenvalue weighted by atomic mass is 9.99. The summed E-state index contributed by atoms with van der Waals surface area (Å²) in [4.78, 5) is 25.2. The van der Waals surface area contributed by atoms with Crippen LogP contribution in [0, 0.1) is 6.92 Å². The van der Waals surface area contributed by atoms with Crippen molar-refractivity contribution in [2.45, 2.75) is 18.9 Å². The van der Waals surface area contributed by atoms with E-state index in [0.717, 1.165) is 17.0 Å². The quantitative estimate of drug-likeness (QED) is 0.505. The summed E-state index contributed by atoms with van der Waals surface area (Å²) in [6.07, 6.45) is 2.30. The molecule has 0 aliphatic carbocycles. The average molecular weight is 462 g/mol. The number of amides is 1. The fourth-order valence-electron chi connectivity index (χ4n) is 3.38. The van der Waals surface area contributed by atoms with Crippen LogP contribution < -0.4 is 21.0 Å². The number of nitrogens with zero attached hydrogens (tertiary/aromatic N) is 4. The van der Waals surface area contributed by atoms with Crippen molar-refractivity contribution in [1.29, 1.82) is 0 Å². The molecule has 3 aromatic rings. The fourth-order valence-corrected chi connectivity index (χ4v) is 4.14. The molecule has 13 heteroatoms. The number of carbonyl (C=O) groups excluding carboxylic acids is 1. The van der Waals surface area contributed by atoms with Crippen molar-refractivity contribution in [2.24, 2.45) is 0 Å². The third-order valence-corrected chi connectivity index (χ3v) is 5.72. The highest BCUT2D eigenvalue weighted by Gasteiger charge is 2.36. The van der Waals surface area contributed by atoms with E-state index in [4.69, 9.17) is 18.6 Å². The summed E-state index contributed by atoms with van der Waals surface area (Å²) in [5.74, 6) is -0.913. The number of methoxy groups -OCH3 is 2. The van der Waals surface area contributed by atoms with E-state index in [2.05, 4.69) is 25.9 Å². The summed E-state index contributed by atoms with van der Waals surface area (Å²) in [6.45, 7) is 3.14. The molecule has 0 bridgehead atoms. The molecule has 0 aromatic carbocycles. The normalized spacial score (nSPS) is 18.0. The van der Waals surface area contributed by atoms with E-state index in [-0.39, 0.29) is 16.6 Å². The number of ether oxygens (including phenoxy) is 3. The highest BCUT2D eigenvalue weighted by Crippen LogP contribution is 2.30. The van der Waals surface area contributed by atoms with E-state index in [0.29, 0.717) is 37.1 Å². The zero-order valence-corrected chi connectivity index (χ0v) is 18.5. The van der Waals surface area contributed by atoms with Crippen molar-refractivity contribution in [3.05, 3.63) is 40.2 Å². The number of aryl methyl sites for hydroxylation is 1. The van der Waals surface area contributed by atoms with Gasteiger partial charge in [0.1, 0.15) is 0 Å². The Kier molecular flexibility index (Phi) is 6.21. The Labute approximate surface area is 186 Å². The van der Waals surface area contributed by atoms with Gasteiger partial charge in [-0.05, 0) is 19.4 Å². The third kappa shape index (κ3) is 4.35. The van der Waals surface area contributed by atoms with E-state index in [1.54, 1.807) is 18.0 Å². The van der Waals surface area contributed by atoms with Gasteiger partial charge < -0.3 is 23.9 Å². The first-order chi connectivity index (χ1) is 15.4. The Bertz CT molecular complexity index is 1170. The van der Waals surface area contributed by atoms with Crippen molar-refractivity contribution in [3.8, 4) is 10.9 Å². The molecule has 0 spiro atoms. The van der Waals surface area contributed by atoms with Gasteiger partial charge >= 0.3 is 5.63 Å². The standard InChI is InChI=1S/C19H22N6O6S/c1-11-4-6-20-25(11)18-24-23-17(32-18)21-15(26)13-8-12(14(29-3)16(27)31-13)22-19(9-28-2)5-7-30-10-19/h4,6,8,22H,5,7,9-10H2,1-3H3,(H,21,23,26). The number of carbonyl (C=O) groups is 1. The van der Waals surface area contributed by atoms with Crippen LogP contribution in [0.1, 0.15) is 22.7 Å². The molecular formula is C19H22N6O6S. The number of nitrogens with one attached hydrogen (secondary N) is 2. The maximum Gasteiger partial charge on any atom is 0.381 e. The predicted molar refractivity (Wildman–Crippen MR) is 115 cm³/mol. The first-order valence-corrected chi connectivity index (χ1v) is 10.5. The minimum absolute atomic E-state index is 0.0451. The van der Waals surface area contributed by atoms with Crippen molar-refractivity contribution >= 4 is 28.1 Å². The summed E-state index contributed by atoms with van der Waals surface area (Å²) in [6, 6.07) is 3.23. The molecule has 1 amide bonds. The monoisotopic (exact) mass is 462 g/mol. The minimum Gasteiger partial charge on any atom is -0.488 e. The molecule has 2 N–H and O–H groups in total. The molecule has 4 rings (SSSR count). The summed E-state index contributed by atoms with van der Waals surface area (Å²) in [5, 5.41) is 18.7. The summed E-state index contributed by atoms with van der Waals surface area (Å²) < 4.78 is 22.8. The molecule has 32 heavy (non-hydrogen) atoms. The highest BCUT2D eigenvalue weighted by atomic mass is 32.1. The number of hydrogen-bond acceptors (Lipinski definition) is 11. The Morgan fingerprint density at radius 1 is 1.38 bits per heavy atom. The SMILES string of the molecule is COCC1(Nc2cc(C(=O)Nc3nnc(-n4nccc4C)s3)oc(=O)c2OC)CCOC1. The lowest BCUT2D eigenvalue weighted by Gasteiger charge is -2.29. The van der Waals surface area contributed by atoms with Crippen LogP contribution in [-0.4, -0.2) is 65.5 Å². The molecular weight excluding hydrogens is 440 g/mol. The van der Waals surface area contributed by atoms with Gasteiger partial charge in [-0.3, -0.25) is 10.1 Å². The highest BCUT2D eigenvalue weighted by molar-refractivity contribution is 7.17. The molecule has 1 saturated heterocycles. The molecule has 1 aliphatic heterocycles. The third-order valence-electron chi connectivity index (χ3n) is 4.91. The molecule has 170 valence electrons. The molecule has 0 saturated carbocycles. The fraction of sp³-hybridized carbons (Fsp3) is 0.421. The zero-order chi connectivity index (χ0) is 22.7. The lowest BCUT2D eigenvalue weighted by Crippen LogP contribution is -2.43. The van der Waals surface area contributed by atoms with Crippen LogP contribution in [-0.2, 0) is 9.47 Å². The van der Waals surface area contributed by atoms with Gasteiger partial charge in [0.15, 0.2) is 5.76 Å². The smallest absolute Gasteiger partial charge is 0.381 e. The molecule has 1 unspecified atom stereocenters. The number of rotatable bonds is 8. The van der Waals surface area contributed by atoms with Gasteiger partial charge in [0.2, 0.25) is 16.0 Å². The topological polar surface area (TPSA) is 143 Å². The van der Waals surface area contributed by atoms with Crippen LogP contribution in [0.25, 0.3) is 5.13 Å². The molecule has 0 radical (unpaired) electrons. The van der Waals surface area contributed by atoms with Gasteiger partial charge in [-0.15, -0.1) is 10.2 Å². The average Bonchev–Trinajstić information content (AvgIpc) is 3.50. The zero-order valence-electron chi connectivity index (χ0n) is 17.7. The molecule has 1 fully saturated rings. The van der Waals surface area contributed by atoms with E-state index >= 15 is 0 Å². The number of aromatic nitrogens is 4. The maximum absolute atomic E-state index is 12.8. The Morgan fingerprint density at radius 2 is 2.22 bits per heavy atom. The summed E-state index contributed by atoms with van der Waals surface area (Å²) in [5.41, 5.74) is -0.170. The van der Waals surface area contributed by atoms with Gasteiger partial charge in [0, 0.05) is 31.7 Å². The van der Waals surface area contributed by atoms with Gasteiger partial charge in [0.05, 0.1) is 31.5 Å². The maximum atomic E-state index is 12.8. The number of anilines is 2. The van der Waals surface area contributed by atoms with E-state index in [1.165, 1.54) is 13.2 Å². The van der Waals surface area contributed by atoms with Gasteiger partial charge in [0.25, 0.3) is 5.91 Å². The molecule has 1 atom stereocenters. The predicted octanol–water partition coefficient (Wildman–Crippen LogP) is 1.46. The van der Waals surface area contributed by atoms with Crippen LogP contribution >= 0.6 is 11.3 Å². The van der Waals surface area contributed by atoms with Gasteiger partial charge in [-0.25, -0.2) is 9.48 Å². The second-order valence-electron chi connectivity index (χ2n) is 7.21. The Balaban J connectivity index is 1.58.